The summed E-state index contributed by atoms with van der Waals surface area (Å²) in [5.74, 6) is -0.679. The van der Waals surface area contributed by atoms with Crippen LogP contribution in [0.4, 0.5) is 24.5 Å². The van der Waals surface area contributed by atoms with E-state index in [0.29, 0.717) is 31.2 Å². The molecule has 0 saturated carbocycles. The number of aromatic hydroxyl groups is 1. The summed E-state index contributed by atoms with van der Waals surface area (Å²) in [4.78, 5) is 52.0. The van der Waals surface area contributed by atoms with Gasteiger partial charge in [-0.1, -0.05) is 6.08 Å². The van der Waals surface area contributed by atoms with Crippen LogP contribution in [0, 0.1) is 6.92 Å². The molecule has 4 aromatic rings. The number of alkyl halides is 3. The van der Waals surface area contributed by atoms with Gasteiger partial charge in [0.05, 0.1) is 24.3 Å². The van der Waals surface area contributed by atoms with Crippen LogP contribution in [0.3, 0.4) is 0 Å². The number of benzene rings is 1. The first-order valence-electron chi connectivity index (χ1n) is 14.4. The molecule has 0 spiro atoms. The normalized spacial score (nSPS) is 15.6. The molecule has 2 N–H and O–H groups in total. The number of hydrogen-bond acceptors (Lipinski definition) is 9. The third-order valence-electron chi connectivity index (χ3n) is 7.93. The fourth-order valence-corrected chi connectivity index (χ4v) is 5.51. The number of piperazine rings is 1. The van der Waals surface area contributed by atoms with E-state index in [-0.39, 0.29) is 67.1 Å². The van der Waals surface area contributed by atoms with Crippen LogP contribution < -0.4 is 15.8 Å². The van der Waals surface area contributed by atoms with Crippen LogP contribution >= 0.6 is 0 Å². The van der Waals surface area contributed by atoms with E-state index in [1.165, 1.54) is 35.2 Å². The molecule has 0 radical (unpaired) electrons. The van der Waals surface area contributed by atoms with Gasteiger partial charge in [-0.25, -0.2) is 0 Å². The van der Waals surface area contributed by atoms with E-state index < -0.39 is 23.2 Å². The van der Waals surface area contributed by atoms with E-state index in [0.717, 1.165) is 22.2 Å². The lowest BCUT2D eigenvalue weighted by molar-refractivity contribution is -0.137. The van der Waals surface area contributed by atoms with Gasteiger partial charge in [0.15, 0.2) is 5.82 Å². The molecule has 2 aliphatic rings. The van der Waals surface area contributed by atoms with E-state index >= 15 is 0 Å². The number of anilines is 2. The molecule has 16 heteroatoms. The second kappa shape index (κ2) is 12.3. The highest BCUT2D eigenvalue weighted by Gasteiger charge is 2.31. The highest BCUT2D eigenvalue weighted by Crippen LogP contribution is 2.30. The van der Waals surface area contributed by atoms with E-state index in [1.807, 2.05) is 11.0 Å². The van der Waals surface area contributed by atoms with Crippen molar-refractivity contribution in [3.8, 4) is 5.75 Å². The van der Waals surface area contributed by atoms with E-state index in [4.69, 9.17) is 4.74 Å². The third kappa shape index (κ3) is 6.02. The molecule has 3 aromatic heterocycles. The van der Waals surface area contributed by atoms with Gasteiger partial charge in [0, 0.05) is 50.0 Å². The summed E-state index contributed by atoms with van der Waals surface area (Å²) < 4.78 is 47.1. The highest BCUT2D eigenvalue weighted by atomic mass is 19.4. The second-order valence-corrected chi connectivity index (χ2v) is 10.8. The fourth-order valence-electron chi connectivity index (χ4n) is 5.51. The molecule has 0 atom stereocenters. The Balaban J connectivity index is 1.31. The molecule has 46 heavy (non-hydrogen) atoms. The number of ether oxygens (including phenoxy) is 1. The number of nitrogens with zero attached hydrogens (tertiary/aromatic N) is 7. The lowest BCUT2D eigenvalue weighted by Gasteiger charge is -2.36. The van der Waals surface area contributed by atoms with Crippen molar-refractivity contribution in [3.05, 3.63) is 81.8 Å². The molecule has 0 unspecified atom stereocenters. The molecule has 2 amide bonds. The van der Waals surface area contributed by atoms with Crippen molar-refractivity contribution in [1.82, 2.24) is 29.0 Å². The number of halogens is 3. The molecule has 5 heterocycles. The average molecular weight is 639 g/mol. The monoisotopic (exact) mass is 638 g/mol. The van der Waals surface area contributed by atoms with Crippen molar-refractivity contribution in [2.45, 2.75) is 26.1 Å². The summed E-state index contributed by atoms with van der Waals surface area (Å²) in [5, 5.41) is 17.2. The Morgan fingerprint density at radius 1 is 1.09 bits per heavy atom. The standard InChI is InChI=1S/C30H29F3N8O5/c1-18-25(38-10-12-39(13-11-38)27(44)22-16-34-9-6-23(22)42)28(45)41-29(36-26(37-41)19-7-14-46-15-8-19)40(18)17-24(43)35-21-4-2-20(3-5-21)30(31,32)33/h2-7,9,16H,8,10-15,17H2,1H3,(H,34,42)(H,35,43). The molecule has 0 aliphatic carbocycles. The Bertz CT molecular complexity index is 1890. The molecule has 0 bridgehead atoms. The first-order chi connectivity index (χ1) is 22.0. The summed E-state index contributed by atoms with van der Waals surface area (Å²) in [6.07, 6.45) is 0.531. The van der Waals surface area contributed by atoms with Crippen LogP contribution in [-0.4, -0.2) is 85.4 Å². The highest BCUT2D eigenvalue weighted by molar-refractivity contribution is 5.96. The van der Waals surface area contributed by atoms with Gasteiger partial charge in [0.25, 0.3) is 11.5 Å². The summed E-state index contributed by atoms with van der Waals surface area (Å²) in [7, 11) is 0. The van der Waals surface area contributed by atoms with Crippen molar-refractivity contribution in [2.75, 3.05) is 49.6 Å². The van der Waals surface area contributed by atoms with Crippen LogP contribution in [0.25, 0.3) is 11.4 Å². The topological polar surface area (TPSA) is 147 Å². The minimum atomic E-state index is -4.51. The maximum absolute atomic E-state index is 13.9. The van der Waals surface area contributed by atoms with Crippen LogP contribution in [0.2, 0.25) is 0 Å². The Morgan fingerprint density at radius 2 is 1.83 bits per heavy atom. The molecule has 13 nitrogen and oxygen atoms in total. The van der Waals surface area contributed by atoms with Crippen molar-refractivity contribution in [2.24, 2.45) is 0 Å². The van der Waals surface area contributed by atoms with E-state index in [1.54, 1.807) is 11.8 Å². The molecule has 1 fully saturated rings. The Kier molecular flexibility index (Phi) is 8.20. The van der Waals surface area contributed by atoms with Gasteiger partial charge in [0.2, 0.25) is 11.7 Å². The van der Waals surface area contributed by atoms with E-state index in [2.05, 4.69) is 20.4 Å². The summed E-state index contributed by atoms with van der Waals surface area (Å²) >= 11 is 0. The summed E-state index contributed by atoms with van der Waals surface area (Å²) in [6.45, 7) is 3.23. The van der Waals surface area contributed by atoms with Gasteiger partial charge in [-0.05, 0) is 49.2 Å². The van der Waals surface area contributed by atoms with Gasteiger partial charge in [0.1, 0.15) is 18.0 Å². The first-order valence-corrected chi connectivity index (χ1v) is 14.4. The maximum Gasteiger partial charge on any atom is 0.416 e. The van der Waals surface area contributed by atoms with Gasteiger partial charge < -0.3 is 29.5 Å². The predicted octanol–water partition coefficient (Wildman–Crippen LogP) is 2.72. The third-order valence-corrected chi connectivity index (χ3v) is 7.93. The Morgan fingerprint density at radius 3 is 2.48 bits per heavy atom. The number of hydrogen-bond donors (Lipinski definition) is 2. The molecule has 240 valence electrons. The average Bonchev–Trinajstić information content (AvgIpc) is 3.50. The number of rotatable bonds is 6. The molecule has 6 rings (SSSR count). The van der Waals surface area contributed by atoms with Gasteiger partial charge in [-0.2, -0.15) is 22.7 Å². The molecule has 1 saturated heterocycles. The first kappa shape index (κ1) is 30.8. The van der Waals surface area contributed by atoms with Gasteiger partial charge in [-0.15, -0.1) is 5.10 Å². The molecule has 2 aliphatic heterocycles. The fraction of sp³-hybridized carbons (Fsp3) is 0.333. The van der Waals surface area contributed by atoms with Crippen LogP contribution in [0.5, 0.6) is 5.75 Å². The van der Waals surface area contributed by atoms with Crippen LogP contribution in [0.15, 0.2) is 53.6 Å². The smallest absolute Gasteiger partial charge is 0.416 e. The largest absolute Gasteiger partial charge is 0.507 e. The lowest BCUT2D eigenvalue weighted by atomic mass is 10.1. The number of amides is 2. The van der Waals surface area contributed by atoms with Gasteiger partial charge in [-0.3, -0.25) is 19.4 Å². The Labute approximate surface area is 259 Å². The number of fused-ring (bicyclic) bond motifs is 1. The number of carbonyl (C=O) groups is 2. The number of pyridine rings is 1. The van der Waals surface area contributed by atoms with Crippen molar-refractivity contribution in [3.63, 3.8) is 0 Å². The zero-order valence-electron chi connectivity index (χ0n) is 24.6. The maximum atomic E-state index is 13.9. The van der Waals surface area contributed by atoms with Crippen LogP contribution in [0.1, 0.15) is 33.9 Å². The number of carbonyl (C=O) groups excluding carboxylic acids is 2. The SMILES string of the molecule is Cc1c(N2CCN(C(=O)c3cnccc3O)CC2)c(=O)n2nc(C3=CCOCC3)nc2n1CC(=O)Nc1ccc(C(F)(F)F)cc1. The Hall–Kier alpha value is -5.25. The predicted molar refractivity (Wildman–Crippen MR) is 159 cm³/mol. The van der Waals surface area contributed by atoms with Crippen molar-refractivity contribution < 1.29 is 32.6 Å². The number of aromatic nitrogens is 5. The number of nitrogens with one attached hydrogen (secondary N) is 1. The second-order valence-electron chi connectivity index (χ2n) is 10.8. The summed E-state index contributed by atoms with van der Waals surface area (Å²) in [5.41, 5.74) is 0.428. The van der Waals surface area contributed by atoms with Crippen molar-refractivity contribution >= 4 is 34.5 Å². The summed E-state index contributed by atoms with van der Waals surface area (Å²) in [6, 6.07) is 5.42. The zero-order chi connectivity index (χ0) is 32.6. The van der Waals surface area contributed by atoms with E-state index in [9.17, 15) is 32.7 Å². The lowest BCUT2D eigenvalue weighted by Crippen LogP contribution is -2.50. The molecule has 1 aromatic carbocycles. The van der Waals surface area contributed by atoms with Crippen molar-refractivity contribution in [1.29, 1.82) is 0 Å². The van der Waals surface area contributed by atoms with Crippen LogP contribution in [-0.2, 0) is 22.3 Å². The zero-order valence-corrected chi connectivity index (χ0v) is 24.6. The minimum absolute atomic E-state index is 0.0764. The molecular formula is C30H29F3N8O5. The molecular weight excluding hydrogens is 609 g/mol. The minimum Gasteiger partial charge on any atom is -0.507 e. The quantitative estimate of drug-likeness (QED) is 0.325. The van der Waals surface area contributed by atoms with Gasteiger partial charge >= 0.3 is 6.18 Å².